The molecule has 0 saturated carbocycles. The van der Waals surface area contributed by atoms with Gasteiger partial charge >= 0.3 is 6.18 Å². The number of aromatic nitrogens is 1. The molecule has 0 bridgehead atoms. The van der Waals surface area contributed by atoms with Gasteiger partial charge in [0.25, 0.3) is 0 Å². The van der Waals surface area contributed by atoms with Crippen molar-refractivity contribution in [2.45, 2.75) is 12.3 Å². The first kappa shape index (κ1) is 15.1. The van der Waals surface area contributed by atoms with Crippen molar-refractivity contribution in [3.8, 4) is 0 Å². The molecule has 1 heterocycles. The summed E-state index contributed by atoms with van der Waals surface area (Å²) in [6.45, 7) is 0. The number of pyridine rings is 1. The molecule has 0 spiro atoms. The molecule has 7 heteroatoms. The smallest absolute Gasteiger partial charge is 0.383 e. The minimum Gasteiger partial charge on any atom is -0.383 e. The molecule has 0 aliphatic carbocycles. The normalized spacial score (nSPS) is 13.3. The van der Waals surface area contributed by atoms with Crippen LogP contribution in [-0.4, -0.2) is 10.1 Å². The highest BCUT2D eigenvalue weighted by Crippen LogP contribution is 2.34. The molecule has 2 aromatic rings. The van der Waals surface area contributed by atoms with Gasteiger partial charge in [0.1, 0.15) is 17.0 Å². The molecule has 0 aliphatic rings. The van der Waals surface area contributed by atoms with E-state index in [1.54, 1.807) is 24.3 Å². The van der Waals surface area contributed by atoms with Crippen molar-refractivity contribution in [1.29, 1.82) is 0 Å². The van der Waals surface area contributed by atoms with Crippen molar-refractivity contribution < 1.29 is 18.3 Å². The number of alkyl halides is 3. The van der Waals surface area contributed by atoms with E-state index < -0.39 is 23.1 Å². The highest BCUT2D eigenvalue weighted by Gasteiger charge is 2.33. The number of hydrogen-bond donors (Lipinski definition) is 1. The molecule has 1 unspecified atom stereocenters. The Morgan fingerprint density at radius 1 is 1.00 bits per heavy atom. The first-order chi connectivity index (χ1) is 9.30. The molecule has 0 saturated heterocycles. The average molecular weight is 322 g/mol. The summed E-state index contributed by atoms with van der Waals surface area (Å²) in [7, 11) is 0. The zero-order chi connectivity index (χ0) is 14.9. The third kappa shape index (κ3) is 3.06. The number of rotatable bonds is 2. The van der Waals surface area contributed by atoms with Gasteiger partial charge in [0.2, 0.25) is 0 Å². The van der Waals surface area contributed by atoms with Crippen molar-refractivity contribution in [2.24, 2.45) is 0 Å². The molecule has 0 amide bonds. The summed E-state index contributed by atoms with van der Waals surface area (Å²) in [4.78, 5) is 3.26. The fourth-order valence-electron chi connectivity index (χ4n) is 1.67. The summed E-state index contributed by atoms with van der Waals surface area (Å²) in [6, 6.07) is 8.29. The van der Waals surface area contributed by atoms with E-state index in [9.17, 15) is 18.3 Å². The monoisotopic (exact) mass is 321 g/mol. The minimum atomic E-state index is -4.59. The van der Waals surface area contributed by atoms with Crippen molar-refractivity contribution >= 4 is 23.2 Å². The molecule has 0 fully saturated rings. The van der Waals surface area contributed by atoms with Gasteiger partial charge in [0.05, 0.1) is 0 Å². The van der Waals surface area contributed by atoms with E-state index in [1.165, 1.54) is 0 Å². The Morgan fingerprint density at radius 3 is 2.20 bits per heavy atom. The van der Waals surface area contributed by atoms with Crippen LogP contribution in [0.5, 0.6) is 0 Å². The number of nitrogens with zero attached hydrogens (tertiary/aromatic N) is 1. The van der Waals surface area contributed by atoms with Crippen LogP contribution in [0.2, 0.25) is 10.2 Å². The van der Waals surface area contributed by atoms with E-state index in [2.05, 4.69) is 4.98 Å². The molecular formula is C13H8Cl2F3NO. The molecule has 106 valence electrons. The van der Waals surface area contributed by atoms with Gasteiger partial charge in [-0.1, -0.05) is 47.5 Å². The Hall–Kier alpha value is -1.30. The molecule has 1 atom stereocenters. The lowest BCUT2D eigenvalue weighted by Gasteiger charge is -2.15. The van der Waals surface area contributed by atoms with E-state index in [0.29, 0.717) is 5.56 Å². The molecule has 2 rings (SSSR count). The summed E-state index contributed by atoms with van der Waals surface area (Å²) >= 11 is 11.6. The Morgan fingerprint density at radius 2 is 1.65 bits per heavy atom. The van der Waals surface area contributed by atoms with E-state index in [-0.39, 0.29) is 10.6 Å². The van der Waals surface area contributed by atoms with Gasteiger partial charge in [-0.05, 0) is 12.1 Å². The molecule has 1 aromatic heterocycles. The largest absolute Gasteiger partial charge is 0.433 e. The number of halogens is 5. The summed E-state index contributed by atoms with van der Waals surface area (Å²) in [5, 5.41) is 10.0. The Labute approximate surface area is 122 Å². The van der Waals surface area contributed by atoms with Gasteiger partial charge in [-0.15, -0.1) is 0 Å². The Bertz CT molecular complexity index is 631. The third-order valence-corrected chi connectivity index (χ3v) is 3.31. The van der Waals surface area contributed by atoms with Crippen LogP contribution in [0.15, 0.2) is 36.4 Å². The fourth-order valence-corrected chi connectivity index (χ4v) is 2.17. The lowest BCUT2D eigenvalue weighted by molar-refractivity contribution is -0.141. The Balaban J connectivity index is 2.42. The van der Waals surface area contributed by atoms with E-state index in [1.807, 2.05) is 0 Å². The predicted octanol–water partition coefficient (Wildman–Crippen LogP) is 4.49. The number of hydrogen-bond acceptors (Lipinski definition) is 2. The minimum absolute atomic E-state index is 0.0627. The molecule has 1 N–H and O–H groups in total. The summed E-state index contributed by atoms with van der Waals surface area (Å²) < 4.78 is 37.4. The number of aliphatic hydroxyl groups excluding tert-OH is 1. The number of benzene rings is 1. The van der Waals surface area contributed by atoms with Crippen molar-refractivity contribution in [1.82, 2.24) is 4.98 Å². The summed E-state index contributed by atoms with van der Waals surface area (Å²) in [5.74, 6) is 0. The maximum Gasteiger partial charge on any atom is 0.433 e. The van der Waals surface area contributed by atoms with Crippen LogP contribution >= 0.6 is 23.2 Å². The van der Waals surface area contributed by atoms with Gasteiger partial charge in [-0.3, -0.25) is 0 Å². The zero-order valence-electron chi connectivity index (χ0n) is 9.83. The van der Waals surface area contributed by atoms with E-state index in [4.69, 9.17) is 23.2 Å². The van der Waals surface area contributed by atoms with Gasteiger partial charge < -0.3 is 5.11 Å². The lowest BCUT2D eigenvalue weighted by atomic mass is 10.0. The maximum atomic E-state index is 12.5. The zero-order valence-corrected chi connectivity index (χ0v) is 11.3. The highest BCUT2D eigenvalue weighted by atomic mass is 35.5. The lowest BCUT2D eigenvalue weighted by Crippen LogP contribution is -2.10. The molecule has 0 radical (unpaired) electrons. The van der Waals surface area contributed by atoms with Crippen molar-refractivity contribution in [3.05, 3.63) is 63.4 Å². The van der Waals surface area contributed by atoms with Gasteiger partial charge in [-0.2, -0.15) is 13.2 Å². The molecule has 1 aromatic carbocycles. The molecule has 2 nitrogen and oxygen atoms in total. The van der Waals surface area contributed by atoms with Crippen LogP contribution in [0.3, 0.4) is 0 Å². The van der Waals surface area contributed by atoms with Crippen molar-refractivity contribution in [3.63, 3.8) is 0 Å². The molecule has 0 aliphatic heterocycles. The standard InChI is InChI=1S/C13H8Cl2F3NO/c14-9-4-2-1-3-7(9)11(20)8-5-6-10(13(16,17)18)19-12(8)15/h1-6,11,20H. The third-order valence-electron chi connectivity index (χ3n) is 2.66. The quantitative estimate of drug-likeness (QED) is 0.827. The van der Waals surface area contributed by atoms with E-state index >= 15 is 0 Å². The highest BCUT2D eigenvalue weighted by molar-refractivity contribution is 6.31. The van der Waals surface area contributed by atoms with Gasteiger partial charge in [-0.25, -0.2) is 4.98 Å². The van der Waals surface area contributed by atoms with Gasteiger partial charge in [0.15, 0.2) is 0 Å². The second kappa shape index (κ2) is 5.60. The van der Waals surface area contributed by atoms with Crippen LogP contribution in [-0.2, 0) is 6.18 Å². The maximum absolute atomic E-state index is 12.5. The van der Waals surface area contributed by atoms with Gasteiger partial charge in [0, 0.05) is 16.1 Å². The SMILES string of the molecule is OC(c1ccccc1Cl)c1ccc(C(F)(F)F)nc1Cl. The second-order valence-corrected chi connectivity index (χ2v) is 4.76. The summed E-state index contributed by atoms with van der Waals surface area (Å²) in [6.07, 6.45) is -5.83. The predicted molar refractivity (Wildman–Crippen MR) is 69.8 cm³/mol. The fraction of sp³-hybridized carbons (Fsp3) is 0.154. The summed E-state index contributed by atoms with van der Waals surface area (Å²) in [5.41, 5.74) is -0.706. The number of aliphatic hydroxyl groups is 1. The van der Waals surface area contributed by atoms with E-state index in [0.717, 1.165) is 12.1 Å². The van der Waals surface area contributed by atoms with Crippen LogP contribution in [0.25, 0.3) is 0 Å². The first-order valence-electron chi connectivity index (χ1n) is 5.47. The average Bonchev–Trinajstić information content (AvgIpc) is 2.37. The first-order valence-corrected chi connectivity index (χ1v) is 6.22. The Kier molecular flexibility index (Phi) is 4.22. The van der Waals surface area contributed by atoms with Crippen LogP contribution in [0.1, 0.15) is 22.9 Å². The van der Waals surface area contributed by atoms with Crippen LogP contribution < -0.4 is 0 Å². The van der Waals surface area contributed by atoms with Crippen LogP contribution in [0.4, 0.5) is 13.2 Å². The topological polar surface area (TPSA) is 33.1 Å². The van der Waals surface area contributed by atoms with Crippen LogP contribution in [0, 0.1) is 0 Å². The second-order valence-electron chi connectivity index (χ2n) is 4.00. The molecular weight excluding hydrogens is 314 g/mol. The molecule has 20 heavy (non-hydrogen) atoms. The van der Waals surface area contributed by atoms with Crippen molar-refractivity contribution in [2.75, 3.05) is 0 Å².